The number of urea groups is 1. The zero-order valence-corrected chi connectivity index (χ0v) is 19.9. The third-order valence-electron chi connectivity index (χ3n) is 5.66. The number of benzene rings is 1. The fourth-order valence-corrected chi connectivity index (χ4v) is 5.20. The molecule has 2 aliphatic rings. The molecule has 2 heterocycles. The number of nitrogens with one attached hydrogen (secondary N) is 2. The lowest BCUT2D eigenvalue weighted by atomic mass is 9.96. The molecule has 3 rings (SSSR count). The van der Waals surface area contributed by atoms with Gasteiger partial charge in [-0.2, -0.15) is 4.31 Å². The molecule has 0 unspecified atom stereocenters. The number of hydrogen-bond acceptors (Lipinski definition) is 5. The first-order chi connectivity index (χ1) is 15.1. The highest BCUT2D eigenvalue weighted by Crippen LogP contribution is 2.19. The van der Waals surface area contributed by atoms with Gasteiger partial charge in [-0.05, 0) is 63.8 Å². The number of carbonyl (C=O) groups excluding carboxylic acids is 2. The third-order valence-corrected chi connectivity index (χ3v) is 7.57. The summed E-state index contributed by atoms with van der Waals surface area (Å²) in [5.41, 5.74) is 0.159. The van der Waals surface area contributed by atoms with Gasteiger partial charge < -0.3 is 20.3 Å². The van der Waals surface area contributed by atoms with Crippen molar-refractivity contribution in [3.8, 4) is 0 Å². The van der Waals surface area contributed by atoms with E-state index in [2.05, 4.69) is 10.6 Å². The minimum atomic E-state index is -3.57. The maximum absolute atomic E-state index is 12.7. The molecule has 2 N–H and O–H groups in total. The average molecular weight is 467 g/mol. The highest BCUT2D eigenvalue weighted by atomic mass is 32.2. The largest absolute Gasteiger partial charge is 0.379 e. The van der Waals surface area contributed by atoms with Crippen LogP contribution in [0.2, 0.25) is 0 Å². The Morgan fingerprint density at radius 3 is 2.19 bits per heavy atom. The van der Waals surface area contributed by atoms with E-state index in [-0.39, 0.29) is 22.4 Å². The Morgan fingerprint density at radius 2 is 1.62 bits per heavy atom. The van der Waals surface area contributed by atoms with Crippen molar-refractivity contribution < 1.29 is 22.7 Å². The summed E-state index contributed by atoms with van der Waals surface area (Å²) in [4.78, 5) is 26.8. The molecule has 1 aromatic rings. The van der Waals surface area contributed by atoms with Crippen LogP contribution in [0, 0.1) is 5.92 Å². The second-order valence-electron chi connectivity index (χ2n) is 9.36. The Kier molecular flexibility index (Phi) is 7.79. The Labute approximate surface area is 190 Å². The molecule has 0 spiro atoms. The molecule has 10 heteroatoms. The molecule has 0 radical (unpaired) electrons. The van der Waals surface area contributed by atoms with E-state index in [0.29, 0.717) is 57.4 Å². The van der Waals surface area contributed by atoms with Gasteiger partial charge in [0, 0.05) is 43.8 Å². The van der Waals surface area contributed by atoms with Gasteiger partial charge in [0.15, 0.2) is 0 Å². The molecule has 0 aromatic heterocycles. The maximum atomic E-state index is 12.7. The molecule has 0 bridgehead atoms. The van der Waals surface area contributed by atoms with Gasteiger partial charge in [0.05, 0.1) is 18.1 Å². The summed E-state index contributed by atoms with van der Waals surface area (Å²) < 4.78 is 32.0. The highest BCUT2D eigenvalue weighted by molar-refractivity contribution is 7.89. The van der Waals surface area contributed by atoms with Crippen LogP contribution in [-0.2, 0) is 14.8 Å². The van der Waals surface area contributed by atoms with E-state index in [9.17, 15) is 18.0 Å². The van der Waals surface area contributed by atoms with Crippen LogP contribution in [0.15, 0.2) is 29.2 Å². The molecule has 0 aliphatic carbocycles. The molecule has 2 saturated heterocycles. The number of amides is 3. The van der Waals surface area contributed by atoms with E-state index in [1.54, 1.807) is 12.1 Å². The fourth-order valence-electron chi connectivity index (χ4n) is 3.79. The second-order valence-corrected chi connectivity index (χ2v) is 11.3. The number of carbonyl (C=O) groups is 2. The van der Waals surface area contributed by atoms with Gasteiger partial charge in [0.25, 0.3) is 5.91 Å². The molecular weight excluding hydrogens is 432 g/mol. The van der Waals surface area contributed by atoms with E-state index < -0.39 is 10.0 Å². The SMILES string of the molecule is CC(C)(C)NC(=O)N1CCC(CNC(=O)c2ccc(S(=O)(=O)N3CCOCC3)cc2)CC1. The lowest BCUT2D eigenvalue weighted by Gasteiger charge is -2.34. The standard InChI is InChI=1S/C22H34N4O5S/c1-22(2,3)24-21(28)25-10-8-17(9-11-25)16-23-20(27)18-4-6-19(7-5-18)32(29,30)26-12-14-31-15-13-26/h4-7,17H,8-16H2,1-3H3,(H,23,27)(H,24,28). The summed E-state index contributed by atoms with van der Waals surface area (Å²) in [6.07, 6.45) is 1.66. The monoisotopic (exact) mass is 466 g/mol. The Balaban J connectivity index is 1.47. The van der Waals surface area contributed by atoms with Crippen molar-refractivity contribution in [2.75, 3.05) is 45.9 Å². The van der Waals surface area contributed by atoms with E-state index in [1.807, 2.05) is 25.7 Å². The minimum absolute atomic E-state index is 0.0490. The van der Waals surface area contributed by atoms with Crippen LogP contribution in [0.5, 0.6) is 0 Å². The Morgan fingerprint density at radius 1 is 1.03 bits per heavy atom. The number of nitrogens with zero attached hydrogens (tertiary/aromatic N) is 2. The van der Waals surface area contributed by atoms with Crippen LogP contribution in [0.25, 0.3) is 0 Å². The van der Waals surface area contributed by atoms with Gasteiger partial charge in [-0.3, -0.25) is 4.79 Å². The number of ether oxygens (including phenoxy) is 1. The van der Waals surface area contributed by atoms with Crippen LogP contribution in [0.3, 0.4) is 0 Å². The topological polar surface area (TPSA) is 108 Å². The molecule has 0 atom stereocenters. The lowest BCUT2D eigenvalue weighted by Crippen LogP contribution is -2.51. The van der Waals surface area contributed by atoms with Crippen molar-refractivity contribution in [2.45, 2.75) is 44.0 Å². The third kappa shape index (κ3) is 6.43. The predicted molar refractivity (Wildman–Crippen MR) is 121 cm³/mol. The van der Waals surface area contributed by atoms with Crippen LogP contribution in [-0.4, -0.2) is 81.0 Å². The maximum Gasteiger partial charge on any atom is 0.317 e. The molecule has 2 fully saturated rings. The number of morpholine rings is 1. The van der Waals surface area contributed by atoms with Crippen molar-refractivity contribution in [3.05, 3.63) is 29.8 Å². The van der Waals surface area contributed by atoms with E-state index in [1.165, 1.54) is 16.4 Å². The highest BCUT2D eigenvalue weighted by Gasteiger charge is 2.27. The molecule has 32 heavy (non-hydrogen) atoms. The second kappa shape index (κ2) is 10.2. The summed E-state index contributed by atoms with van der Waals surface area (Å²) in [5, 5.41) is 5.91. The first-order valence-corrected chi connectivity index (χ1v) is 12.5. The number of rotatable bonds is 5. The zero-order valence-electron chi connectivity index (χ0n) is 19.1. The number of piperidine rings is 1. The van der Waals surface area contributed by atoms with Crippen molar-refractivity contribution in [2.24, 2.45) is 5.92 Å². The predicted octanol–water partition coefficient (Wildman–Crippen LogP) is 1.66. The van der Waals surface area contributed by atoms with Gasteiger partial charge >= 0.3 is 6.03 Å². The molecule has 1 aromatic carbocycles. The summed E-state index contributed by atoms with van der Waals surface area (Å²) in [5.74, 6) is 0.0758. The fraction of sp³-hybridized carbons (Fsp3) is 0.636. The number of hydrogen-bond donors (Lipinski definition) is 2. The van der Waals surface area contributed by atoms with Crippen LogP contribution >= 0.6 is 0 Å². The Bertz CT molecular complexity index is 897. The van der Waals surface area contributed by atoms with Gasteiger partial charge in [0.2, 0.25) is 10.0 Å². The van der Waals surface area contributed by atoms with Gasteiger partial charge in [-0.1, -0.05) is 0 Å². The molecule has 9 nitrogen and oxygen atoms in total. The molecule has 2 aliphatic heterocycles. The van der Waals surface area contributed by atoms with Gasteiger partial charge in [-0.25, -0.2) is 13.2 Å². The van der Waals surface area contributed by atoms with Crippen LogP contribution in [0.4, 0.5) is 4.79 Å². The lowest BCUT2D eigenvalue weighted by molar-refractivity contribution is 0.0730. The van der Waals surface area contributed by atoms with Crippen molar-refractivity contribution in [1.82, 2.24) is 19.8 Å². The van der Waals surface area contributed by atoms with Gasteiger partial charge in [-0.15, -0.1) is 0 Å². The van der Waals surface area contributed by atoms with E-state index >= 15 is 0 Å². The number of sulfonamides is 1. The average Bonchev–Trinajstić information content (AvgIpc) is 2.77. The quantitative estimate of drug-likeness (QED) is 0.686. The smallest absolute Gasteiger partial charge is 0.317 e. The molecular formula is C22H34N4O5S. The molecule has 0 saturated carbocycles. The Hall–Kier alpha value is -2.17. The minimum Gasteiger partial charge on any atom is -0.379 e. The van der Waals surface area contributed by atoms with Gasteiger partial charge in [0.1, 0.15) is 0 Å². The number of likely N-dealkylation sites (tertiary alicyclic amines) is 1. The molecule has 178 valence electrons. The summed E-state index contributed by atoms with van der Waals surface area (Å²) >= 11 is 0. The summed E-state index contributed by atoms with van der Waals surface area (Å²) in [7, 11) is -3.57. The van der Waals surface area contributed by atoms with Crippen molar-refractivity contribution >= 4 is 22.0 Å². The normalized spacial score (nSPS) is 18.9. The van der Waals surface area contributed by atoms with E-state index in [0.717, 1.165) is 12.8 Å². The zero-order chi connectivity index (χ0) is 23.4. The summed E-state index contributed by atoms with van der Waals surface area (Å²) in [6, 6.07) is 5.99. The summed E-state index contributed by atoms with van der Waals surface area (Å²) in [6.45, 7) is 9.17. The van der Waals surface area contributed by atoms with Crippen LogP contribution < -0.4 is 10.6 Å². The molecule has 3 amide bonds. The van der Waals surface area contributed by atoms with Crippen molar-refractivity contribution in [1.29, 1.82) is 0 Å². The first kappa shape index (κ1) is 24.5. The van der Waals surface area contributed by atoms with E-state index in [4.69, 9.17) is 4.74 Å². The van der Waals surface area contributed by atoms with Crippen LogP contribution in [0.1, 0.15) is 44.0 Å². The van der Waals surface area contributed by atoms with Crippen molar-refractivity contribution in [3.63, 3.8) is 0 Å². The first-order valence-electron chi connectivity index (χ1n) is 11.1.